The molecule has 1 heterocycles. The normalized spacial score (nSPS) is 16.6. The number of amidine groups is 1. The van der Waals surface area contributed by atoms with Crippen LogP contribution >= 0.6 is 0 Å². The number of aliphatic imine (C=N–C) groups is 1. The Kier molecular flexibility index (Phi) is 11.6. The lowest BCUT2D eigenvalue weighted by Gasteiger charge is -2.30. The lowest BCUT2D eigenvalue weighted by molar-refractivity contribution is -0.112. The summed E-state index contributed by atoms with van der Waals surface area (Å²) in [5.74, 6) is -0.265. The molecule has 154 valence electrons. The van der Waals surface area contributed by atoms with E-state index in [4.69, 9.17) is 5.73 Å². The minimum atomic E-state index is -0.512. The summed E-state index contributed by atoms with van der Waals surface area (Å²) >= 11 is 0. The monoisotopic (exact) mass is 384 g/mol. The predicted molar refractivity (Wildman–Crippen MR) is 120 cm³/mol. The molecular weight excluding hydrogens is 348 g/mol. The molecule has 1 aromatic rings. The van der Waals surface area contributed by atoms with E-state index in [2.05, 4.69) is 66.3 Å². The van der Waals surface area contributed by atoms with Gasteiger partial charge in [0, 0.05) is 19.6 Å². The Morgan fingerprint density at radius 1 is 1.25 bits per heavy atom. The fourth-order valence-corrected chi connectivity index (χ4v) is 2.96. The number of carbonyl (C=O) groups is 1. The summed E-state index contributed by atoms with van der Waals surface area (Å²) in [4.78, 5) is 18.4. The highest BCUT2D eigenvalue weighted by molar-refractivity contribution is 6.37. The molecule has 5 heteroatoms. The zero-order valence-electron chi connectivity index (χ0n) is 17.8. The van der Waals surface area contributed by atoms with Gasteiger partial charge in [-0.1, -0.05) is 68.3 Å². The molecule has 5 nitrogen and oxygen atoms in total. The highest BCUT2D eigenvalue weighted by atomic mass is 16.1. The molecule has 0 radical (unpaired) electrons. The topological polar surface area (TPSA) is 70.7 Å². The number of carbonyl (C=O) groups excluding carboxylic acids is 1. The number of nitrogens with two attached hydrogens (primary N) is 1. The third-order valence-electron chi connectivity index (χ3n) is 4.17. The van der Waals surface area contributed by atoms with Gasteiger partial charge in [0.25, 0.3) is 5.91 Å². The van der Waals surface area contributed by atoms with Crippen LogP contribution in [0, 0.1) is 0 Å². The van der Waals surface area contributed by atoms with Crippen molar-refractivity contribution in [3.8, 4) is 0 Å². The Balaban J connectivity index is 0.00000122. The van der Waals surface area contributed by atoms with Crippen molar-refractivity contribution in [3.05, 3.63) is 53.7 Å². The molecule has 0 spiro atoms. The molecule has 28 heavy (non-hydrogen) atoms. The Morgan fingerprint density at radius 2 is 1.86 bits per heavy atom. The quantitative estimate of drug-likeness (QED) is 0.596. The minimum Gasteiger partial charge on any atom is -0.363 e. The van der Waals surface area contributed by atoms with Crippen molar-refractivity contribution in [2.45, 2.75) is 53.0 Å². The van der Waals surface area contributed by atoms with Crippen LogP contribution in [-0.2, 0) is 4.79 Å². The second kappa shape index (κ2) is 13.7. The summed E-state index contributed by atoms with van der Waals surface area (Å²) < 4.78 is 0. The molecule has 3 N–H and O–H groups in total. The first-order chi connectivity index (χ1) is 13.5. The Morgan fingerprint density at radius 3 is 2.39 bits per heavy atom. The maximum atomic E-state index is 11.4. The van der Waals surface area contributed by atoms with E-state index < -0.39 is 5.91 Å². The number of primary amides is 1. The van der Waals surface area contributed by atoms with Crippen LogP contribution in [0.25, 0.3) is 6.08 Å². The van der Waals surface area contributed by atoms with Crippen LogP contribution in [0.4, 0.5) is 0 Å². The number of rotatable bonds is 5. The molecule has 0 bridgehead atoms. The van der Waals surface area contributed by atoms with Gasteiger partial charge in [0.1, 0.15) is 0 Å². The van der Waals surface area contributed by atoms with E-state index in [9.17, 15) is 4.79 Å². The lowest BCUT2D eigenvalue weighted by atomic mass is 10.0. The summed E-state index contributed by atoms with van der Waals surface area (Å²) in [7, 11) is 0. The third kappa shape index (κ3) is 9.51. The molecule has 0 aliphatic carbocycles. The number of piperidine rings is 1. The maximum absolute atomic E-state index is 11.4. The molecule has 1 amide bonds. The number of nitrogens with one attached hydrogen (secondary N) is 1. The second-order valence-electron chi connectivity index (χ2n) is 7.10. The standard InChI is InChI=1S/C20H28N4O.C3H8/c1-3-11-22-20(19(21)25)23-18-9-12-24(13-10-18)15-16(2)14-17-7-5-4-6-8-17;1-3-2/h3-8,11,14,18H,9-10,12-13,15H2,1-2H3,(H2,21,25)(H,22,23);3H2,1-2H3/b11-3-,16-14+;. The summed E-state index contributed by atoms with van der Waals surface area (Å²) in [6.07, 6.45) is 8.84. The van der Waals surface area contributed by atoms with Crippen molar-refractivity contribution in [2.75, 3.05) is 19.6 Å². The molecule has 0 aromatic heterocycles. The SMILES string of the molecule is C/C=C\NC(=NC1CCN(C/C(C)=C/c2ccccc2)CC1)C(N)=O.CCC. The first-order valence-electron chi connectivity index (χ1n) is 10.2. The fourth-order valence-electron chi connectivity index (χ4n) is 2.96. The number of likely N-dealkylation sites (tertiary alicyclic amines) is 1. The van der Waals surface area contributed by atoms with Crippen molar-refractivity contribution in [1.82, 2.24) is 10.2 Å². The zero-order valence-corrected chi connectivity index (χ0v) is 17.8. The van der Waals surface area contributed by atoms with Crippen molar-refractivity contribution in [2.24, 2.45) is 10.7 Å². The summed E-state index contributed by atoms with van der Waals surface area (Å²) in [5, 5.41) is 2.86. The highest BCUT2D eigenvalue weighted by Crippen LogP contribution is 2.16. The molecule has 1 fully saturated rings. The smallest absolute Gasteiger partial charge is 0.284 e. The first kappa shape index (κ1) is 23.6. The fraction of sp³-hybridized carbons (Fsp3) is 0.478. The van der Waals surface area contributed by atoms with Gasteiger partial charge in [-0.25, -0.2) is 0 Å². The Hall–Kier alpha value is -2.40. The lowest BCUT2D eigenvalue weighted by Crippen LogP contribution is -2.39. The van der Waals surface area contributed by atoms with E-state index in [0.29, 0.717) is 0 Å². The van der Waals surface area contributed by atoms with Crippen LogP contribution in [0.2, 0.25) is 0 Å². The van der Waals surface area contributed by atoms with Gasteiger partial charge in [-0.2, -0.15) is 0 Å². The number of hydrogen-bond acceptors (Lipinski definition) is 3. The van der Waals surface area contributed by atoms with Gasteiger partial charge in [0.2, 0.25) is 0 Å². The van der Waals surface area contributed by atoms with Crippen molar-refractivity contribution in [1.29, 1.82) is 0 Å². The van der Waals surface area contributed by atoms with E-state index in [1.165, 1.54) is 17.6 Å². The van der Waals surface area contributed by atoms with E-state index in [1.54, 1.807) is 6.20 Å². The van der Waals surface area contributed by atoms with Crippen LogP contribution in [0.3, 0.4) is 0 Å². The number of allylic oxidation sites excluding steroid dienone is 1. The van der Waals surface area contributed by atoms with Gasteiger partial charge in [-0.3, -0.25) is 14.7 Å². The second-order valence-corrected chi connectivity index (χ2v) is 7.10. The molecule has 0 atom stereocenters. The van der Waals surface area contributed by atoms with E-state index in [-0.39, 0.29) is 11.9 Å². The average Bonchev–Trinajstić information content (AvgIpc) is 2.67. The van der Waals surface area contributed by atoms with Gasteiger partial charge in [0.15, 0.2) is 5.84 Å². The number of amides is 1. The molecule has 0 saturated carbocycles. The number of benzene rings is 1. The van der Waals surface area contributed by atoms with Crippen molar-refractivity contribution < 1.29 is 4.79 Å². The Bertz CT molecular complexity index is 656. The van der Waals surface area contributed by atoms with Crippen LogP contribution in [0.5, 0.6) is 0 Å². The van der Waals surface area contributed by atoms with Crippen molar-refractivity contribution >= 4 is 17.8 Å². The largest absolute Gasteiger partial charge is 0.363 e. The van der Waals surface area contributed by atoms with Gasteiger partial charge in [-0.15, -0.1) is 0 Å². The molecular formula is C23H36N4O. The van der Waals surface area contributed by atoms with Gasteiger partial charge in [0.05, 0.1) is 6.04 Å². The van der Waals surface area contributed by atoms with Gasteiger partial charge < -0.3 is 11.1 Å². The molecule has 1 aromatic carbocycles. The summed E-state index contributed by atoms with van der Waals surface area (Å²) in [5.41, 5.74) is 7.96. The third-order valence-corrected chi connectivity index (χ3v) is 4.17. The maximum Gasteiger partial charge on any atom is 0.284 e. The molecule has 1 saturated heterocycles. The molecule has 0 unspecified atom stereocenters. The van der Waals surface area contributed by atoms with Gasteiger partial charge >= 0.3 is 0 Å². The van der Waals surface area contributed by atoms with Crippen LogP contribution in [0.15, 0.2) is 53.2 Å². The van der Waals surface area contributed by atoms with E-state index in [0.717, 1.165) is 32.5 Å². The molecule has 1 aliphatic heterocycles. The van der Waals surface area contributed by atoms with E-state index >= 15 is 0 Å². The van der Waals surface area contributed by atoms with Gasteiger partial charge in [-0.05, 0) is 38.5 Å². The number of hydrogen-bond donors (Lipinski definition) is 2. The number of nitrogens with zero attached hydrogens (tertiary/aromatic N) is 2. The van der Waals surface area contributed by atoms with Crippen LogP contribution in [-0.4, -0.2) is 42.3 Å². The van der Waals surface area contributed by atoms with Crippen LogP contribution < -0.4 is 11.1 Å². The molecule has 1 aliphatic rings. The zero-order chi connectivity index (χ0) is 20.8. The van der Waals surface area contributed by atoms with Crippen molar-refractivity contribution in [3.63, 3.8) is 0 Å². The van der Waals surface area contributed by atoms with E-state index in [1.807, 2.05) is 19.1 Å². The summed E-state index contributed by atoms with van der Waals surface area (Å²) in [6, 6.07) is 10.5. The molecule has 2 rings (SSSR count). The highest BCUT2D eigenvalue weighted by Gasteiger charge is 2.20. The Labute approximate surface area is 170 Å². The van der Waals surface area contributed by atoms with Crippen LogP contribution in [0.1, 0.15) is 52.5 Å². The average molecular weight is 385 g/mol. The predicted octanol–water partition coefficient (Wildman–Crippen LogP) is 3.98. The minimum absolute atomic E-state index is 0.148. The summed E-state index contributed by atoms with van der Waals surface area (Å²) in [6.45, 7) is 11.2. The first-order valence-corrected chi connectivity index (χ1v) is 10.2.